The first-order valence-corrected chi connectivity index (χ1v) is 10.6. The molecule has 0 fully saturated rings. The lowest BCUT2D eigenvalue weighted by Gasteiger charge is -2.15. The Balaban J connectivity index is 1.80. The monoisotopic (exact) mass is 470 g/mol. The summed E-state index contributed by atoms with van der Waals surface area (Å²) in [5, 5.41) is 2.80. The minimum absolute atomic E-state index is 0.0188. The highest BCUT2D eigenvalue weighted by Gasteiger charge is 2.16. The number of nitrogens with zero attached hydrogens (tertiary/aromatic N) is 2. The van der Waals surface area contributed by atoms with Gasteiger partial charge in [0.15, 0.2) is 0 Å². The van der Waals surface area contributed by atoms with Gasteiger partial charge < -0.3 is 11.1 Å². The Bertz CT molecular complexity index is 1400. The number of pyridine rings is 2. The Hall–Kier alpha value is -4.72. The lowest BCUT2D eigenvalue weighted by molar-refractivity contribution is -0.119. The second-order valence-electron chi connectivity index (χ2n) is 7.65. The first-order chi connectivity index (χ1) is 16.9. The van der Waals surface area contributed by atoms with Crippen molar-refractivity contribution in [1.82, 2.24) is 15.3 Å². The van der Waals surface area contributed by atoms with Gasteiger partial charge in [0.2, 0.25) is 11.8 Å². The van der Waals surface area contributed by atoms with Gasteiger partial charge in [-0.25, -0.2) is 8.78 Å². The minimum Gasteiger partial charge on any atom is -0.366 e. The van der Waals surface area contributed by atoms with Crippen LogP contribution in [0.4, 0.5) is 8.78 Å². The summed E-state index contributed by atoms with van der Waals surface area (Å²) >= 11 is 0. The molecule has 174 valence electrons. The normalized spacial score (nSPS) is 11.2. The smallest absolute Gasteiger partial charge is 0.248 e. The largest absolute Gasteiger partial charge is 0.366 e. The van der Waals surface area contributed by atoms with E-state index in [-0.39, 0.29) is 17.7 Å². The van der Waals surface area contributed by atoms with Crippen molar-refractivity contribution in [2.24, 2.45) is 5.73 Å². The molecule has 0 radical (unpaired) electrons. The number of carbonyl (C=O) groups excluding carboxylic acids is 2. The van der Waals surface area contributed by atoms with E-state index in [9.17, 15) is 18.4 Å². The van der Waals surface area contributed by atoms with Crippen LogP contribution in [0, 0.1) is 11.6 Å². The fourth-order valence-corrected chi connectivity index (χ4v) is 3.54. The molecule has 3 N–H and O–H groups in total. The number of hydrogen-bond acceptors (Lipinski definition) is 4. The van der Waals surface area contributed by atoms with Gasteiger partial charge in [-0.2, -0.15) is 0 Å². The molecule has 6 nitrogen and oxygen atoms in total. The van der Waals surface area contributed by atoms with Gasteiger partial charge in [-0.1, -0.05) is 24.3 Å². The van der Waals surface area contributed by atoms with Gasteiger partial charge >= 0.3 is 0 Å². The summed E-state index contributed by atoms with van der Waals surface area (Å²) in [4.78, 5) is 33.2. The predicted octanol–water partition coefficient (Wildman–Crippen LogP) is 4.38. The summed E-state index contributed by atoms with van der Waals surface area (Å²) in [7, 11) is 0. The second kappa shape index (κ2) is 10.5. The molecule has 0 aliphatic carbocycles. The van der Waals surface area contributed by atoms with Gasteiger partial charge in [-0.05, 0) is 59.7 Å². The molecule has 4 rings (SSSR count). The second-order valence-corrected chi connectivity index (χ2v) is 7.65. The topological polar surface area (TPSA) is 98.0 Å². The van der Waals surface area contributed by atoms with Gasteiger partial charge in [-0.3, -0.25) is 19.6 Å². The van der Waals surface area contributed by atoms with Crippen molar-refractivity contribution in [1.29, 1.82) is 0 Å². The summed E-state index contributed by atoms with van der Waals surface area (Å²) in [6.07, 6.45) is 4.53. The molecule has 0 spiro atoms. The van der Waals surface area contributed by atoms with Crippen LogP contribution in [0.2, 0.25) is 0 Å². The van der Waals surface area contributed by atoms with Gasteiger partial charge in [0.1, 0.15) is 11.6 Å². The Kier molecular flexibility index (Phi) is 7.02. The van der Waals surface area contributed by atoms with Crippen LogP contribution in [-0.2, 0) is 11.2 Å². The van der Waals surface area contributed by atoms with E-state index in [0.717, 1.165) is 18.2 Å². The van der Waals surface area contributed by atoms with E-state index in [1.807, 2.05) is 0 Å². The SMILES string of the molecule is NC(=O)c1cccc(-c2cccnc2/C(=C/c2cc(F)cc(F)c2)NC(=O)Cc2ccccn2)c1. The van der Waals surface area contributed by atoms with E-state index in [2.05, 4.69) is 15.3 Å². The maximum atomic E-state index is 13.9. The molecule has 4 aromatic rings. The molecular weight excluding hydrogens is 450 g/mol. The van der Waals surface area contributed by atoms with Crippen molar-refractivity contribution < 1.29 is 18.4 Å². The van der Waals surface area contributed by atoms with Crippen molar-refractivity contribution in [2.75, 3.05) is 0 Å². The highest BCUT2D eigenvalue weighted by molar-refractivity contribution is 5.97. The number of rotatable bonds is 7. The predicted molar refractivity (Wildman–Crippen MR) is 129 cm³/mol. The number of amides is 2. The van der Waals surface area contributed by atoms with Crippen molar-refractivity contribution in [2.45, 2.75) is 6.42 Å². The Morgan fingerprint density at radius 2 is 1.66 bits per heavy atom. The van der Waals surface area contributed by atoms with E-state index in [1.165, 1.54) is 12.3 Å². The molecule has 2 aromatic heterocycles. The molecule has 0 saturated heterocycles. The van der Waals surface area contributed by atoms with Crippen molar-refractivity contribution >= 4 is 23.6 Å². The van der Waals surface area contributed by atoms with Crippen molar-refractivity contribution in [3.63, 3.8) is 0 Å². The maximum Gasteiger partial charge on any atom is 0.248 e. The molecule has 0 saturated carbocycles. The molecule has 0 atom stereocenters. The summed E-state index contributed by atoms with van der Waals surface area (Å²) < 4.78 is 27.7. The molecule has 2 aromatic carbocycles. The van der Waals surface area contributed by atoms with Gasteiger partial charge in [0, 0.05) is 35.3 Å². The first-order valence-electron chi connectivity index (χ1n) is 10.6. The van der Waals surface area contributed by atoms with E-state index in [0.29, 0.717) is 28.1 Å². The third-order valence-corrected chi connectivity index (χ3v) is 5.06. The zero-order valence-electron chi connectivity index (χ0n) is 18.4. The summed E-state index contributed by atoms with van der Waals surface area (Å²) in [6, 6.07) is 18.4. The summed E-state index contributed by atoms with van der Waals surface area (Å²) in [5.74, 6) is -2.50. The Morgan fingerprint density at radius 1 is 0.886 bits per heavy atom. The lowest BCUT2D eigenvalue weighted by Crippen LogP contribution is -2.25. The van der Waals surface area contributed by atoms with E-state index in [4.69, 9.17) is 5.73 Å². The van der Waals surface area contributed by atoms with Crippen LogP contribution in [0.15, 0.2) is 85.2 Å². The highest BCUT2D eigenvalue weighted by atomic mass is 19.1. The third kappa shape index (κ3) is 6.00. The minimum atomic E-state index is -0.759. The van der Waals surface area contributed by atoms with Gasteiger partial charge in [0.25, 0.3) is 0 Å². The van der Waals surface area contributed by atoms with Crippen LogP contribution in [0.25, 0.3) is 22.9 Å². The Morgan fingerprint density at radius 3 is 2.37 bits per heavy atom. The maximum absolute atomic E-state index is 13.9. The van der Waals surface area contributed by atoms with Crippen LogP contribution in [-0.4, -0.2) is 21.8 Å². The van der Waals surface area contributed by atoms with E-state index >= 15 is 0 Å². The fourth-order valence-electron chi connectivity index (χ4n) is 3.54. The number of halogens is 2. The molecule has 0 aliphatic rings. The lowest BCUT2D eigenvalue weighted by atomic mass is 9.99. The van der Waals surface area contributed by atoms with E-state index < -0.39 is 23.4 Å². The third-order valence-electron chi connectivity index (χ3n) is 5.06. The van der Waals surface area contributed by atoms with E-state index in [1.54, 1.807) is 60.8 Å². The van der Waals surface area contributed by atoms with Crippen molar-refractivity contribution in [3.8, 4) is 11.1 Å². The van der Waals surface area contributed by atoms with Crippen molar-refractivity contribution in [3.05, 3.63) is 119 Å². The first kappa shape index (κ1) is 23.4. The summed E-state index contributed by atoms with van der Waals surface area (Å²) in [5.41, 5.74) is 8.24. The number of primary amides is 1. The number of nitrogens with one attached hydrogen (secondary N) is 1. The molecular formula is C27H20F2N4O2. The number of hydrogen-bond donors (Lipinski definition) is 2. The number of benzene rings is 2. The number of nitrogens with two attached hydrogens (primary N) is 1. The molecule has 35 heavy (non-hydrogen) atoms. The molecule has 0 unspecified atom stereocenters. The molecule has 8 heteroatoms. The van der Waals surface area contributed by atoms with Crippen LogP contribution in [0.5, 0.6) is 0 Å². The zero-order valence-corrected chi connectivity index (χ0v) is 18.4. The van der Waals surface area contributed by atoms with Crippen LogP contribution >= 0.6 is 0 Å². The number of aromatic nitrogens is 2. The molecule has 0 bridgehead atoms. The quantitative estimate of drug-likeness (QED) is 0.419. The highest BCUT2D eigenvalue weighted by Crippen LogP contribution is 2.28. The average molecular weight is 470 g/mol. The zero-order chi connectivity index (χ0) is 24.8. The fraction of sp³-hybridized carbons (Fsp3) is 0.0370. The molecule has 2 amide bonds. The van der Waals surface area contributed by atoms with Crippen LogP contribution in [0.3, 0.4) is 0 Å². The average Bonchev–Trinajstić information content (AvgIpc) is 2.84. The standard InChI is InChI=1S/C27H20F2N4O2/c28-20-11-17(12-21(29)15-20)13-24(33-25(34)16-22-7-1-2-9-31-22)26-23(8-4-10-32-26)18-5-3-6-19(14-18)27(30)35/h1-15H,16H2,(H2,30,35)(H,33,34)/b24-13-. The van der Waals surface area contributed by atoms with Gasteiger partial charge in [0.05, 0.1) is 17.8 Å². The Labute approximate surface area is 200 Å². The number of carbonyl (C=O) groups is 2. The van der Waals surface area contributed by atoms with Crippen LogP contribution in [0.1, 0.15) is 27.3 Å². The van der Waals surface area contributed by atoms with Crippen LogP contribution < -0.4 is 11.1 Å². The van der Waals surface area contributed by atoms with Gasteiger partial charge in [-0.15, -0.1) is 0 Å². The summed E-state index contributed by atoms with van der Waals surface area (Å²) in [6.45, 7) is 0. The molecule has 2 heterocycles. The molecule has 0 aliphatic heterocycles.